The molecule has 4 atom stereocenters. The molecule has 1 N–H and O–H groups in total. The molecule has 2 saturated heterocycles. The topological polar surface area (TPSA) is 114 Å². The molecule has 0 radical (unpaired) electrons. The van der Waals surface area contributed by atoms with Crippen molar-refractivity contribution in [1.82, 2.24) is 0 Å². The standard InChI is InChI=1S/C13H21N3O5/c1-12(2)5-7(9(11(17)18)15-16-14)10(21-12)8-6-19-13(3,4)20-8/h7-10H,5-6H2,1-4H3,(H,17,18)/t7?,8-,9+,10?/m1/s1. The van der Waals surface area contributed by atoms with E-state index >= 15 is 0 Å². The fourth-order valence-corrected chi connectivity index (χ4v) is 3.08. The highest BCUT2D eigenvalue weighted by Gasteiger charge is 2.52. The summed E-state index contributed by atoms with van der Waals surface area (Å²) in [5.74, 6) is -2.32. The first-order valence-corrected chi connectivity index (χ1v) is 6.92. The number of carboxylic acid groups (broad SMARTS) is 1. The van der Waals surface area contributed by atoms with Gasteiger partial charge in [0, 0.05) is 10.8 Å². The van der Waals surface area contributed by atoms with E-state index in [0.717, 1.165) is 0 Å². The van der Waals surface area contributed by atoms with E-state index in [9.17, 15) is 9.90 Å². The number of hydrogen-bond acceptors (Lipinski definition) is 5. The van der Waals surface area contributed by atoms with Crippen molar-refractivity contribution in [2.45, 2.75) is 63.8 Å². The van der Waals surface area contributed by atoms with Crippen molar-refractivity contribution >= 4 is 5.97 Å². The molecule has 118 valence electrons. The molecule has 0 spiro atoms. The maximum atomic E-state index is 11.4. The Morgan fingerprint density at radius 1 is 1.38 bits per heavy atom. The summed E-state index contributed by atoms with van der Waals surface area (Å²) in [6, 6.07) is -1.17. The first-order chi connectivity index (χ1) is 9.65. The summed E-state index contributed by atoms with van der Waals surface area (Å²) in [6.07, 6.45) is -0.371. The molecular formula is C13H21N3O5. The van der Waals surface area contributed by atoms with E-state index in [-0.39, 0.29) is 6.10 Å². The van der Waals surface area contributed by atoms with Crippen LogP contribution in [0.5, 0.6) is 0 Å². The van der Waals surface area contributed by atoms with Gasteiger partial charge in [0.05, 0.1) is 18.3 Å². The van der Waals surface area contributed by atoms with E-state index in [2.05, 4.69) is 10.0 Å². The normalized spacial score (nSPS) is 35.1. The highest BCUT2D eigenvalue weighted by molar-refractivity contribution is 5.74. The Bertz CT molecular complexity index is 470. The second-order valence-electron chi connectivity index (χ2n) is 6.57. The Hall–Kier alpha value is -1.34. The summed E-state index contributed by atoms with van der Waals surface area (Å²) in [5, 5.41) is 12.7. The van der Waals surface area contributed by atoms with Crippen molar-refractivity contribution in [2.75, 3.05) is 6.61 Å². The van der Waals surface area contributed by atoms with Gasteiger partial charge in [-0.05, 0) is 39.6 Å². The largest absolute Gasteiger partial charge is 0.481 e. The summed E-state index contributed by atoms with van der Waals surface area (Å²) in [5.41, 5.74) is 8.11. The molecule has 8 heteroatoms. The van der Waals surface area contributed by atoms with Crippen LogP contribution in [-0.2, 0) is 19.0 Å². The van der Waals surface area contributed by atoms with Gasteiger partial charge in [0.15, 0.2) is 5.79 Å². The summed E-state index contributed by atoms with van der Waals surface area (Å²) < 4.78 is 17.3. The molecule has 0 aromatic heterocycles. The maximum absolute atomic E-state index is 11.4. The molecule has 8 nitrogen and oxygen atoms in total. The van der Waals surface area contributed by atoms with E-state index in [0.29, 0.717) is 13.0 Å². The molecule has 0 amide bonds. The molecule has 21 heavy (non-hydrogen) atoms. The van der Waals surface area contributed by atoms with E-state index in [1.807, 2.05) is 13.8 Å². The molecule has 0 aromatic carbocycles. The lowest BCUT2D eigenvalue weighted by Crippen LogP contribution is -2.41. The van der Waals surface area contributed by atoms with E-state index in [1.54, 1.807) is 13.8 Å². The molecule has 2 rings (SSSR count). The molecule has 0 aliphatic carbocycles. The summed E-state index contributed by atoms with van der Waals surface area (Å²) >= 11 is 0. The molecule has 2 fully saturated rings. The fourth-order valence-electron chi connectivity index (χ4n) is 3.08. The molecule has 0 saturated carbocycles. The van der Waals surface area contributed by atoms with Crippen molar-refractivity contribution in [3.8, 4) is 0 Å². The third-order valence-electron chi connectivity index (χ3n) is 3.84. The van der Waals surface area contributed by atoms with Crippen LogP contribution in [0, 0.1) is 5.92 Å². The second kappa shape index (κ2) is 5.46. The van der Waals surface area contributed by atoms with Gasteiger partial charge in [-0.3, -0.25) is 4.79 Å². The first-order valence-electron chi connectivity index (χ1n) is 6.92. The molecule has 2 aliphatic rings. The van der Waals surface area contributed by atoms with Gasteiger partial charge in [0.1, 0.15) is 12.1 Å². The number of carbonyl (C=O) groups is 1. The molecule has 2 unspecified atom stereocenters. The Balaban J connectivity index is 2.24. The van der Waals surface area contributed by atoms with Crippen molar-refractivity contribution in [3.63, 3.8) is 0 Å². The number of nitrogens with zero attached hydrogens (tertiary/aromatic N) is 3. The van der Waals surface area contributed by atoms with Crippen LogP contribution in [-0.4, -0.2) is 47.3 Å². The Morgan fingerprint density at radius 3 is 2.52 bits per heavy atom. The van der Waals surface area contributed by atoms with Gasteiger partial charge >= 0.3 is 5.97 Å². The van der Waals surface area contributed by atoms with Gasteiger partial charge in [-0.15, -0.1) is 0 Å². The predicted octanol–water partition coefficient (Wildman–Crippen LogP) is 2.09. The van der Waals surface area contributed by atoms with Gasteiger partial charge in [0.2, 0.25) is 0 Å². The lowest BCUT2D eigenvalue weighted by molar-refractivity contribution is -0.164. The third kappa shape index (κ3) is 3.47. The van der Waals surface area contributed by atoms with Gasteiger partial charge in [-0.1, -0.05) is 5.11 Å². The fraction of sp³-hybridized carbons (Fsp3) is 0.923. The average Bonchev–Trinajstić information content (AvgIpc) is 2.85. The van der Waals surface area contributed by atoms with Crippen LogP contribution in [0.2, 0.25) is 0 Å². The monoisotopic (exact) mass is 299 g/mol. The molecule has 2 aliphatic heterocycles. The minimum Gasteiger partial charge on any atom is -0.481 e. The van der Waals surface area contributed by atoms with Crippen molar-refractivity contribution in [2.24, 2.45) is 11.0 Å². The van der Waals surface area contributed by atoms with Crippen LogP contribution in [0.4, 0.5) is 0 Å². The molecular weight excluding hydrogens is 278 g/mol. The third-order valence-corrected chi connectivity index (χ3v) is 3.84. The van der Waals surface area contributed by atoms with Crippen molar-refractivity contribution in [1.29, 1.82) is 0 Å². The quantitative estimate of drug-likeness (QED) is 0.485. The lowest BCUT2D eigenvalue weighted by atomic mass is 9.86. The van der Waals surface area contributed by atoms with E-state index in [4.69, 9.17) is 19.7 Å². The summed E-state index contributed by atoms with van der Waals surface area (Å²) in [6.45, 7) is 7.69. The minimum absolute atomic E-state index is 0.326. The van der Waals surface area contributed by atoms with E-state index in [1.165, 1.54) is 0 Å². The van der Waals surface area contributed by atoms with Crippen molar-refractivity contribution in [3.05, 3.63) is 10.4 Å². The van der Waals surface area contributed by atoms with Crippen LogP contribution in [0.3, 0.4) is 0 Å². The number of azide groups is 1. The first kappa shape index (κ1) is 16.0. The SMILES string of the molecule is CC1(C)CC([C@H](N=[N+]=[N-])C(=O)O)C([C@H]2COC(C)(C)O2)O1. The predicted molar refractivity (Wildman–Crippen MR) is 72.5 cm³/mol. The highest BCUT2D eigenvalue weighted by Crippen LogP contribution is 2.42. The van der Waals surface area contributed by atoms with Crippen molar-refractivity contribution < 1.29 is 24.1 Å². The van der Waals surface area contributed by atoms with Gasteiger partial charge in [-0.2, -0.15) is 0 Å². The number of aliphatic carboxylic acids is 1. The zero-order chi connectivity index (χ0) is 15.8. The number of ether oxygens (including phenoxy) is 3. The van der Waals surface area contributed by atoms with Gasteiger partial charge in [-0.25, -0.2) is 0 Å². The number of rotatable bonds is 4. The Labute approximate surface area is 123 Å². The number of carboxylic acids is 1. The molecule has 0 aromatic rings. The van der Waals surface area contributed by atoms with Crippen LogP contribution in [0.1, 0.15) is 34.1 Å². The Kier molecular flexibility index (Phi) is 4.17. The lowest BCUT2D eigenvalue weighted by Gasteiger charge is -2.27. The van der Waals surface area contributed by atoms with Crippen LogP contribution in [0.25, 0.3) is 10.4 Å². The number of hydrogen-bond donors (Lipinski definition) is 1. The summed E-state index contributed by atoms with van der Waals surface area (Å²) in [4.78, 5) is 14.0. The van der Waals surface area contributed by atoms with E-state index < -0.39 is 35.4 Å². The second-order valence-corrected chi connectivity index (χ2v) is 6.57. The molecule has 0 bridgehead atoms. The minimum atomic E-state index is -1.17. The zero-order valence-corrected chi connectivity index (χ0v) is 12.6. The van der Waals surface area contributed by atoms with Crippen LogP contribution >= 0.6 is 0 Å². The smallest absolute Gasteiger partial charge is 0.312 e. The van der Waals surface area contributed by atoms with Crippen LogP contribution in [0.15, 0.2) is 5.11 Å². The average molecular weight is 299 g/mol. The Morgan fingerprint density at radius 2 is 2.05 bits per heavy atom. The zero-order valence-electron chi connectivity index (χ0n) is 12.6. The molecule has 2 heterocycles. The maximum Gasteiger partial charge on any atom is 0.312 e. The highest BCUT2D eigenvalue weighted by atomic mass is 16.7. The van der Waals surface area contributed by atoms with Crippen LogP contribution < -0.4 is 0 Å². The summed E-state index contributed by atoms with van der Waals surface area (Å²) in [7, 11) is 0. The van der Waals surface area contributed by atoms with Gasteiger partial charge in [0.25, 0.3) is 0 Å². The van der Waals surface area contributed by atoms with Gasteiger partial charge < -0.3 is 19.3 Å².